The molecule has 1 fully saturated rings. The molecule has 156 valence electrons. The third kappa shape index (κ3) is 4.07. The Morgan fingerprint density at radius 3 is 2.50 bits per heavy atom. The number of hydrogen-bond acceptors (Lipinski definition) is 4. The summed E-state index contributed by atoms with van der Waals surface area (Å²) in [5.74, 6) is 0.134. The van der Waals surface area contributed by atoms with Crippen molar-refractivity contribution in [3.63, 3.8) is 0 Å². The van der Waals surface area contributed by atoms with E-state index in [0.717, 1.165) is 5.56 Å². The molecular weight excluding hydrogens is 497 g/mol. The molecule has 3 aromatic rings. The van der Waals surface area contributed by atoms with Crippen LogP contribution >= 0.6 is 27.5 Å². The lowest BCUT2D eigenvalue weighted by molar-refractivity contribution is -0.120. The smallest absolute Gasteiger partial charge is 0.244 e. The normalized spacial score (nSPS) is 15.5. The van der Waals surface area contributed by atoms with E-state index in [0.29, 0.717) is 21.6 Å². The van der Waals surface area contributed by atoms with E-state index in [4.69, 9.17) is 11.6 Å². The molecule has 0 radical (unpaired) electrons. The highest BCUT2D eigenvalue weighted by molar-refractivity contribution is 9.10. The lowest BCUT2D eigenvalue weighted by Crippen LogP contribution is -2.38. The first kappa shape index (κ1) is 21.2. The molecule has 1 saturated heterocycles. The Bertz CT molecular complexity index is 1240. The fourth-order valence-corrected chi connectivity index (χ4v) is 5.56. The summed E-state index contributed by atoms with van der Waals surface area (Å²) in [6, 6.07) is 9.24. The molecule has 1 aromatic heterocycles. The van der Waals surface area contributed by atoms with E-state index in [-0.39, 0.29) is 47.4 Å². The minimum Gasteiger partial charge on any atom is -0.338 e. The summed E-state index contributed by atoms with van der Waals surface area (Å²) in [4.78, 5) is 18.9. The van der Waals surface area contributed by atoms with Crippen LogP contribution in [0.15, 0.2) is 52.0 Å². The zero-order valence-electron chi connectivity index (χ0n) is 15.5. The van der Waals surface area contributed by atoms with Crippen LogP contribution in [0.2, 0.25) is 5.02 Å². The highest BCUT2D eigenvalue weighted by atomic mass is 79.9. The van der Waals surface area contributed by atoms with Gasteiger partial charge in [-0.25, -0.2) is 17.8 Å². The third-order valence-electron chi connectivity index (χ3n) is 4.91. The van der Waals surface area contributed by atoms with Crippen LogP contribution in [0.1, 0.15) is 12.8 Å². The SMILES string of the molecule is O=C1CCN(S(=O)(=O)c2cc(-c3ncc(-c4ccc(F)c(Br)c4)[nH]3)ccc2Cl)CC1. The van der Waals surface area contributed by atoms with Gasteiger partial charge in [-0.05, 0) is 52.3 Å². The summed E-state index contributed by atoms with van der Waals surface area (Å²) in [6.07, 6.45) is 1.99. The summed E-state index contributed by atoms with van der Waals surface area (Å²) in [7, 11) is -3.84. The first-order chi connectivity index (χ1) is 14.3. The second-order valence-electron chi connectivity index (χ2n) is 6.86. The number of ketones is 1. The van der Waals surface area contributed by atoms with Crippen molar-refractivity contribution in [1.82, 2.24) is 14.3 Å². The predicted molar refractivity (Wildman–Crippen MR) is 115 cm³/mol. The van der Waals surface area contributed by atoms with E-state index in [1.807, 2.05) is 0 Å². The number of halogens is 3. The molecule has 1 N–H and O–H groups in total. The first-order valence-electron chi connectivity index (χ1n) is 9.08. The number of rotatable bonds is 4. The number of hydrogen-bond donors (Lipinski definition) is 1. The number of piperidine rings is 1. The van der Waals surface area contributed by atoms with Crippen molar-refractivity contribution in [1.29, 1.82) is 0 Å². The van der Waals surface area contributed by atoms with Gasteiger partial charge in [-0.2, -0.15) is 4.31 Å². The third-order valence-corrected chi connectivity index (χ3v) is 7.90. The largest absolute Gasteiger partial charge is 0.338 e. The maximum absolute atomic E-state index is 13.5. The number of benzene rings is 2. The van der Waals surface area contributed by atoms with Gasteiger partial charge in [0.25, 0.3) is 0 Å². The van der Waals surface area contributed by atoms with Crippen molar-refractivity contribution < 1.29 is 17.6 Å². The summed E-state index contributed by atoms with van der Waals surface area (Å²) >= 11 is 9.36. The summed E-state index contributed by atoms with van der Waals surface area (Å²) in [5.41, 5.74) is 1.92. The molecule has 30 heavy (non-hydrogen) atoms. The van der Waals surface area contributed by atoms with Crippen LogP contribution in [0.25, 0.3) is 22.6 Å². The first-order valence-corrected chi connectivity index (χ1v) is 11.7. The second kappa shape index (κ2) is 8.22. The van der Waals surface area contributed by atoms with Crippen molar-refractivity contribution in [2.24, 2.45) is 0 Å². The molecule has 0 atom stereocenters. The summed E-state index contributed by atoms with van der Waals surface area (Å²) < 4.78 is 41.2. The van der Waals surface area contributed by atoms with Gasteiger partial charge in [0.15, 0.2) is 0 Å². The number of imidazole rings is 1. The molecule has 0 spiro atoms. The van der Waals surface area contributed by atoms with Crippen LogP contribution in [0.3, 0.4) is 0 Å². The lowest BCUT2D eigenvalue weighted by Gasteiger charge is -2.25. The number of aromatic nitrogens is 2. The van der Waals surface area contributed by atoms with Crippen molar-refractivity contribution in [2.45, 2.75) is 17.7 Å². The van der Waals surface area contributed by atoms with E-state index in [2.05, 4.69) is 25.9 Å². The van der Waals surface area contributed by atoms with E-state index >= 15 is 0 Å². The molecule has 1 aliphatic heterocycles. The zero-order chi connectivity index (χ0) is 21.5. The maximum Gasteiger partial charge on any atom is 0.244 e. The monoisotopic (exact) mass is 511 g/mol. The molecule has 0 saturated carbocycles. The number of Topliss-reactive ketones (excluding diaryl/α,β-unsaturated/α-hetero) is 1. The highest BCUT2D eigenvalue weighted by Crippen LogP contribution is 2.31. The van der Waals surface area contributed by atoms with Gasteiger partial charge >= 0.3 is 0 Å². The van der Waals surface area contributed by atoms with Crippen molar-refractivity contribution in [3.8, 4) is 22.6 Å². The topological polar surface area (TPSA) is 83.1 Å². The minimum absolute atomic E-state index is 0.0292. The van der Waals surface area contributed by atoms with Crippen LogP contribution in [0.4, 0.5) is 4.39 Å². The molecule has 4 rings (SSSR count). The second-order valence-corrected chi connectivity index (χ2v) is 10.0. The number of H-pyrrole nitrogens is 1. The number of nitrogens with zero attached hydrogens (tertiary/aromatic N) is 2. The van der Waals surface area contributed by atoms with Crippen LogP contribution < -0.4 is 0 Å². The molecule has 0 aliphatic carbocycles. The number of nitrogens with one attached hydrogen (secondary N) is 1. The fourth-order valence-electron chi connectivity index (χ4n) is 3.24. The average molecular weight is 513 g/mol. The van der Waals surface area contributed by atoms with E-state index in [1.54, 1.807) is 24.4 Å². The van der Waals surface area contributed by atoms with Crippen LogP contribution in [-0.4, -0.2) is 41.6 Å². The van der Waals surface area contributed by atoms with Crippen molar-refractivity contribution in [3.05, 3.63) is 57.9 Å². The highest BCUT2D eigenvalue weighted by Gasteiger charge is 2.30. The lowest BCUT2D eigenvalue weighted by atomic mass is 10.1. The van der Waals surface area contributed by atoms with Crippen LogP contribution in [0.5, 0.6) is 0 Å². The molecule has 0 amide bonds. The van der Waals surface area contributed by atoms with Crippen molar-refractivity contribution >= 4 is 43.3 Å². The molecule has 2 aromatic carbocycles. The average Bonchev–Trinajstić information content (AvgIpc) is 3.21. The van der Waals surface area contributed by atoms with Gasteiger partial charge in [-0.3, -0.25) is 4.79 Å². The Balaban J connectivity index is 1.68. The van der Waals surface area contributed by atoms with Crippen LogP contribution in [-0.2, 0) is 14.8 Å². The van der Waals surface area contributed by atoms with Gasteiger partial charge in [0.1, 0.15) is 22.3 Å². The van der Waals surface area contributed by atoms with Crippen molar-refractivity contribution in [2.75, 3.05) is 13.1 Å². The summed E-state index contributed by atoms with van der Waals surface area (Å²) in [5, 5.41) is 0.102. The molecule has 0 bridgehead atoms. The maximum atomic E-state index is 13.5. The van der Waals surface area contributed by atoms with E-state index in [9.17, 15) is 17.6 Å². The Kier molecular flexibility index (Phi) is 5.80. The Hall–Kier alpha value is -2.07. The Morgan fingerprint density at radius 1 is 1.10 bits per heavy atom. The summed E-state index contributed by atoms with van der Waals surface area (Å²) in [6.45, 7) is 0.290. The van der Waals surface area contributed by atoms with Gasteiger partial charge in [-0.1, -0.05) is 11.6 Å². The molecule has 2 heterocycles. The van der Waals surface area contributed by atoms with Gasteiger partial charge in [0, 0.05) is 37.1 Å². The number of carbonyl (C=O) groups excluding carboxylic acids is 1. The number of aromatic amines is 1. The van der Waals surface area contributed by atoms with E-state index < -0.39 is 10.0 Å². The molecule has 10 heteroatoms. The predicted octanol–water partition coefficient (Wildman–Crippen LogP) is 4.65. The minimum atomic E-state index is -3.84. The standard InChI is InChI=1S/C20H16BrClFN3O3S/c21-15-9-12(2-4-17(15)23)18-11-24-20(25-18)13-1-3-16(22)19(10-13)30(28,29)26-7-5-14(27)6-8-26/h1-4,9-11H,5-8H2,(H,24,25). The molecule has 0 unspecified atom stereocenters. The molecule has 1 aliphatic rings. The Morgan fingerprint density at radius 2 is 1.80 bits per heavy atom. The number of sulfonamides is 1. The quantitative estimate of drug-likeness (QED) is 0.551. The van der Waals surface area contributed by atoms with Crippen LogP contribution in [0, 0.1) is 5.82 Å². The van der Waals surface area contributed by atoms with Gasteiger partial charge < -0.3 is 4.98 Å². The van der Waals surface area contributed by atoms with Gasteiger partial charge in [-0.15, -0.1) is 0 Å². The Labute approximate surface area is 186 Å². The number of carbonyl (C=O) groups is 1. The van der Waals surface area contributed by atoms with E-state index in [1.165, 1.54) is 22.5 Å². The molecular formula is C20H16BrClFN3O3S. The van der Waals surface area contributed by atoms with Gasteiger partial charge in [0.2, 0.25) is 10.0 Å². The molecule has 6 nitrogen and oxygen atoms in total. The zero-order valence-corrected chi connectivity index (χ0v) is 18.7. The fraction of sp³-hybridized carbons (Fsp3) is 0.200. The van der Waals surface area contributed by atoms with Gasteiger partial charge in [0.05, 0.1) is 21.4 Å².